The third-order valence-corrected chi connectivity index (χ3v) is 6.63. The predicted octanol–water partition coefficient (Wildman–Crippen LogP) is 4.43. The second-order valence-corrected chi connectivity index (χ2v) is 10.9. The summed E-state index contributed by atoms with van der Waals surface area (Å²) in [7, 11) is 1.85. The summed E-state index contributed by atoms with van der Waals surface area (Å²) < 4.78 is 7.34. The van der Waals surface area contributed by atoms with E-state index in [1.807, 2.05) is 77.9 Å². The van der Waals surface area contributed by atoms with Crippen molar-refractivity contribution >= 4 is 33.8 Å². The lowest BCUT2D eigenvalue weighted by atomic mass is 10.1. The number of nitrogens with zero attached hydrogens (tertiary/aromatic N) is 7. The van der Waals surface area contributed by atoms with Gasteiger partial charge in [0.25, 0.3) is 0 Å². The SMILES string of the molecule is Cc1c(O)c(-c2ncc3nc(N4C[C@@H](C)N(C(=O)OC(C)(C)C)[C@@H](C)C4)ccc3n2)cc2cn(C)nc12. The fourth-order valence-corrected chi connectivity index (χ4v) is 5.01. The Labute approximate surface area is 215 Å². The monoisotopic (exact) mass is 503 g/mol. The van der Waals surface area contributed by atoms with Gasteiger partial charge in [-0.2, -0.15) is 5.10 Å². The van der Waals surface area contributed by atoms with E-state index in [4.69, 9.17) is 14.7 Å². The molecule has 4 aromatic rings. The molecular weight excluding hydrogens is 470 g/mol. The van der Waals surface area contributed by atoms with Crippen LogP contribution >= 0.6 is 0 Å². The topological polar surface area (TPSA) is 110 Å². The summed E-state index contributed by atoms with van der Waals surface area (Å²) in [6.45, 7) is 12.8. The number of aromatic hydroxyl groups is 1. The summed E-state index contributed by atoms with van der Waals surface area (Å²) in [5.74, 6) is 1.37. The molecule has 10 heteroatoms. The molecule has 1 N–H and O–H groups in total. The van der Waals surface area contributed by atoms with E-state index in [1.54, 1.807) is 10.9 Å². The summed E-state index contributed by atoms with van der Waals surface area (Å²) in [4.78, 5) is 30.8. The first kappa shape index (κ1) is 24.7. The van der Waals surface area contributed by atoms with Crippen molar-refractivity contribution < 1.29 is 14.6 Å². The smallest absolute Gasteiger partial charge is 0.410 e. The number of rotatable bonds is 2. The van der Waals surface area contributed by atoms with Gasteiger partial charge in [0.2, 0.25) is 0 Å². The van der Waals surface area contributed by atoms with Crippen LogP contribution in [0.1, 0.15) is 40.2 Å². The van der Waals surface area contributed by atoms with E-state index in [2.05, 4.69) is 15.0 Å². The van der Waals surface area contributed by atoms with E-state index in [0.717, 1.165) is 16.7 Å². The van der Waals surface area contributed by atoms with Gasteiger partial charge >= 0.3 is 6.09 Å². The van der Waals surface area contributed by atoms with E-state index in [1.165, 1.54) is 0 Å². The van der Waals surface area contributed by atoms with E-state index < -0.39 is 5.60 Å². The van der Waals surface area contributed by atoms with Crippen molar-refractivity contribution in [3.8, 4) is 17.1 Å². The Morgan fingerprint density at radius 1 is 1.11 bits per heavy atom. The van der Waals surface area contributed by atoms with Crippen molar-refractivity contribution in [2.75, 3.05) is 18.0 Å². The molecular formula is C27H33N7O3. The molecule has 4 heterocycles. The highest BCUT2D eigenvalue weighted by molar-refractivity contribution is 5.90. The number of aryl methyl sites for hydroxylation is 2. The van der Waals surface area contributed by atoms with E-state index >= 15 is 0 Å². The van der Waals surface area contributed by atoms with Crippen LogP contribution in [-0.2, 0) is 11.8 Å². The number of hydrogen-bond acceptors (Lipinski definition) is 8. The van der Waals surface area contributed by atoms with E-state index in [-0.39, 0.29) is 23.9 Å². The van der Waals surface area contributed by atoms with Crippen LogP contribution in [0.5, 0.6) is 5.75 Å². The maximum atomic E-state index is 12.8. The van der Waals surface area contributed by atoms with Crippen LogP contribution in [0.2, 0.25) is 0 Å². The van der Waals surface area contributed by atoms with Gasteiger partial charge in [-0.05, 0) is 59.7 Å². The first-order chi connectivity index (χ1) is 17.4. The van der Waals surface area contributed by atoms with Crippen molar-refractivity contribution in [1.29, 1.82) is 0 Å². The molecule has 1 saturated heterocycles. The summed E-state index contributed by atoms with van der Waals surface area (Å²) in [5.41, 5.74) is 2.82. The van der Waals surface area contributed by atoms with Gasteiger partial charge in [-0.25, -0.2) is 19.7 Å². The first-order valence-corrected chi connectivity index (χ1v) is 12.5. The number of amides is 1. The Bertz CT molecular complexity index is 1500. The standard InChI is InChI=1S/C27H33N7O3/c1-15-12-33(13-16(2)34(15)26(36)37-27(4,5)6)22-9-8-20-21(29-22)11-28-25(30-20)19-10-18-14-32(7)31-23(18)17(3)24(19)35/h8-11,14-16,35H,12-13H2,1-7H3/t15-,16+. The van der Waals surface area contributed by atoms with Crippen molar-refractivity contribution in [3.63, 3.8) is 0 Å². The molecule has 1 aromatic carbocycles. The zero-order valence-corrected chi connectivity index (χ0v) is 22.3. The zero-order valence-electron chi connectivity index (χ0n) is 22.3. The minimum Gasteiger partial charge on any atom is -0.507 e. The van der Waals surface area contributed by atoms with Gasteiger partial charge < -0.3 is 14.7 Å². The largest absolute Gasteiger partial charge is 0.507 e. The molecule has 5 rings (SSSR count). The summed E-state index contributed by atoms with van der Waals surface area (Å²) in [6, 6.07) is 5.65. The molecule has 0 bridgehead atoms. The number of aromatic nitrogens is 5. The average molecular weight is 504 g/mol. The minimum absolute atomic E-state index is 0.0386. The van der Waals surface area contributed by atoms with Crippen molar-refractivity contribution in [1.82, 2.24) is 29.6 Å². The number of piperazine rings is 1. The number of anilines is 1. The van der Waals surface area contributed by atoms with Crippen LogP contribution < -0.4 is 4.90 Å². The van der Waals surface area contributed by atoms with Gasteiger partial charge in [-0.1, -0.05) is 0 Å². The van der Waals surface area contributed by atoms with Crippen LogP contribution in [-0.4, -0.2) is 71.6 Å². The van der Waals surface area contributed by atoms with Gasteiger partial charge in [-0.15, -0.1) is 0 Å². The number of phenols is 1. The lowest BCUT2D eigenvalue weighted by Crippen LogP contribution is -2.59. The number of carbonyl (C=O) groups is 1. The second kappa shape index (κ2) is 8.86. The number of benzene rings is 1. The number of hydrogen-bond donors (Lipinski definition) is 1. The summed E-state index contributed by atoms with van der Waals surface area (Å²) >= 11 is 0. The van der Waals surface area contributed by atoms with Gasteiger partial charge in [0.15, 0.2) is 5.82 Å². The molecule has 3 aromatic heterocycles. The van der Waals surface area contributed by atoms with Crippen LogP contribution in [0.3, 0.4) is 0 Å². The average Bonchev–Trinajstić information content (AvgIpc) is 3.19. The molecule has 1 amide bonds. The van der Waals surface area contributed by atoms with Crippen LogP contribution in [0.25, 0.3) is 33.3 Å². The highest BCUT2D eigenvalue weighted by Gasteiger charge is 2.36. The maximum absolute atomic E-state index is 12.8. The molecule has 0 radical (unpaired) electrons. The highest BCUT2D eigenvalue weighted by Crippen LogP contribution is 2.35. The molecule has 0 spiro atoms. The normalized spacial score (nSPS) is 18.6. The van der Waals surface area contributed by atoms with E-state index in [9.17, 15) is 9.90 Å². The summed E-state index contributed by atoms with van der Waals surface area (Å²) in [6.07, 6.45) is 3.31. The zero-order chi connectivity index (χ0) is 26.6. The third kappa shape index (κ3) is 4.63. The molecule has 1 fully saturated rings. The Hall–Kier alpha value is -3.95. The predicted molar refractivity (Wildman–Crippen MR) is 143 cm³/mol. The Kier molecular flexibility index (Phi) is 5.92. The minimum atomic E-state index is -0.536. The molecule has 37 heavy (non-hydrogen) atoms. The summed E-state index contributed by atoms with van der Waals surface area (Å²) in [5, 5.41) is 16.2. The molecule has 0 unspecified atom stereocenters. The number of carbonyl (C=O) groups excluding carboxylic acids is 1. The second-order valence-electron chi connectivity index (χ2n) is 10.9. The van der Waals surface area contributed by atoms with Crippen LogP contribution in [0.15, 0.2) is 30.6 Å². The Morgan fingerprint density at radius 3 is 2.49 bits per heavy atom. The molecule has 1 aliphatic rings. The number of pyridine rings is 1. The molecule has 194 valence electrons. The van der Waals surface area contributed by atoms with Crippen molar-refractivity contribution in [2.45, 2.75) is 59.2 Å². The van der Waals surface area contributed by atoms with Gasteiger partial charge in [0.05, 0.1) is 34.9 Å². The van der Waals surface area contributed by atoms with Gasteiger partial charge in [-0.3, -0.25) is 9.58 Å². The number of fused-ring (bicyclic) bond motifs is 2. The molecule has 0 aliphatic carbocycles. The van der Waals surface area contributed by atoms with Crippen LogP contribution in [0.4, 0.5) is 10.6 Å². The third-order valence-electron chi connectivity index (χ3n) is 6.63. The maximum Gasteiger partial charge on any atom is 0.410 e. The lowest BCUT2D eigenvalue weighted by Gasteiger charge is -2.44. The molecule has 2 atom stereocenters. The van der Waals surface area contributed by atoms with Crippen molar-refractivity contribution in [3.05, 3.63) is 36.2 Å². The van der Waals surface area contributed by atoms with E-state index in [0.29, 0.717) is 41.1 Å². The molecule has 0 saturated carbocycles. The van der Waals surface area contributed by atoms with Crippen LogP contribution in [0, 0.1) is 6.92 Å². The molecule has 10 nitrogen and oxygen atoms in total. The lowest BCUT2D eigenvalue weighted by molar-refractivity contribution is 0.00560. The van der Waals surface area contributed by atoms with Gasteiger partial charge in [0.1, 0.15) is 22.7 Å². The fourth-order valence-electron chi connectivity index (χ4n) is 5.01. The van der Waals surface area contributed by atoms with Gasteiger partial charge in [0, 0.05) is 37.3 Å². The highest BCUT2D eigenvalue weighted by atomic mass is 16.6. The first-order valence-electron chi connectivity index (χ1n) is 12.5. The molecule has 1 aliphatic heterocycles. The quantitative estimate of drug-likeness (QED) is 0.428. The Morgan fingerprint density at radius 2 is 1.81 bits per heavy atom. The number of phenolic OH excluding ortho intramolecular Hbond substituents is 1. The Balaban J connectivity index is 1.41. The number of ether oxygens (including phenoxy) is 1. The van der Waals surface area contributed by atoms with Crippen molar-refractivity contribution in [2.24, 2.45) is 7.05 Å². The fraction of sp³-hybridized carbons (Fsp3) is 0.444.